The maximum atomic E-state index is 15.4. The molecule has 2 atom stereocenters. The summed E-state index contributed by atoms with van der Waals surface area (Å²) in [5.41, 5.74) is -0.191. The molecule has 150 valence electrons. The molecule has 1 saturated heterocycles. The van der Waals surface area contributed by atoms with E-state index in [4.69, 9.17) is 4.74 Å². The number of hydrogen-bond donors (Lipinski definition) is 2. The Kier molecular flexibility index (Phi) is 4.53. The molecule has 8 heteroatoms. The number of halogens is 1. The Morgan fingerprint density at radius 2 is 1.93 bits per heavy atom. The lowest BCUT2D eigenvalue weighted by atomic mass is 10.1. The highest BCUT2D eigenvalue weighted by Gasteiger charge is 2.31. The molecule has 0 bridgehead atoms. The maximum absolute atomic E-state index is 15.4. The Hall–Kier alpha value is -2.61. The number of anilines is 1. The summed E-state index contributed by atoms with van der Waals surface area (Å²) < 4.78 is 22.5. The van der Waals surface area contributed by atoms with E-state index < -0.39 is 17.2 Å². The molecule has 4 rings (SSSR count). The average Bonchev–Trinajstić information content (AvgIpc) is 3.45. The molecule has 0 amide bonds. The van der Waals surface area contributed by atoms with Gasteiger partial charge in [0, 0.05) is 37.4 Å². The van der Waals surface area contributed by atoms with Crippen molar-refractivity contribution in [1.29, 1.82) is 0 Å². The number of pyridine rings is 1. The summed E-state index contributed by atoms with van der Waals surface area (Å²) in [5, 5.41) is 12.8. The van der Waals surface area contributed by atoms with Crippen LogP contribution in [-0.2, 0) is 0 Å². The first-order valence-corrected chi connectivity index (χ1v) is 9.51. The van der Waals surface area contributed by atoms with Crippen molar-refractivity contribution in [2.75, 3.05) is 25.1 Å². The third-order valence-corrected chi connectivity index (χ3v) is 5.47. The van der Waals surface area contributed by atoms with Crippen molar-refractivity contribution in [3.05, 3.63) is 33.9 Å². The first-order valence-electron chi connectivity index (χ1n) is 9.51. The summed E-state index contributed by atoms with van der Waals surface area (Å²) in [6.45, 7) is 5.32. The number of aromatic nitrogens is 1. The highest BCUT2D eigenvalue weighted by atomic mass is 19.1. The number of nitrogens with one attached hydrogen (secondary N) is 1. The van der Waals surface area contributed by atoms with Gasteiger partial charge in [0.2, 0.25) is 5.43 Å². The summed E-state index contributed by atoms with van der Waals surface area (Å²) in [4.78, 5) is 26.3. The van der Waals surface area contributed by atoms with Gasteiger partial charge in [-0.2, -0.15) is 0 Å². The zero-order valence-corrected chi connectivity index (χ0v) is 16.2. The van der Waals surface area contributed by atoms with E-state index >= 15 is 4.39 Å². The van der Waals surface area contributed by atoms with Crippen LogP contribution in [0.15, 0.2) is 17.1 Å². The summed E-state index contributed by atoms with van der Waals surface area (Å²) in [5.74, 6) is -2.13. The minimum Gasteiger partial charge on any atom is -0.493 e. The number of nitrogens with zero attached hydrogens (tertiary/aromatic N) is 2. The van der Waals surface area contributed by atoms with Crippen molar-refractivity contribution in [2.24, 2.45) is 0 Å². The van der Waals surface area contributed by atoms with E-state index in [0.717, 1.165) is 12.8 Å². The Labute approximate surface area is 161 Å². The largest absolute Gasteiger partial charge is 0.493 e. The predicted octanol–water partition coefficient (Wildman–Crippen LogP) is 2.37. The van der Waals surface area contributed by atoms with Crippen LogP contribution in [0.1, 0.15) is 43.1 Å². The quantitative estimate of drug-likeness (QED) is 0.835. The molecular formula is C20H24FN3O4. The second-order valence-electron chi connectivity index (χ2n) is 7.83. The number of hydrogen-bond acceptors (Lipinski definition) is 5. The summed E-state index contributed by atoms with van der Waals surface area (Å²) >= 11 is 0. The predicted molar refractivity (Wildman–Crippen MR) is 104 cm³/mol. The molecule has 1 aliphatic carbocycles. The number of fused-ring (bicyclic) bond motifs is 1. The number of carboxylic acids is 1. The SMILES string of the molecule is COc1c(F)c(N2C[C@@H](C)N[C@@H](C)C2)cc2c1c(=O)c(C(=O)O)cn2C1CC1. The fourth-order valence-corrected chi connectivity index (χ4v) is 4.18. The molecule has 2 aliphatic rings. The Morgan fingerprint density at radius 3 is 2.46 bits per heavy atom. The van der Waals surface area contributed by atoms with Crippen LogP contribution in [0.2, 0.25) is 0 Å². The lowest BCUT2D eigenvalue weighted by Gasteiger charge is -2.38. The van der Waals surface area contributed by atoms with E-state index in [2.05, 4.69) is 5.32 Å². The monoisotopic (exact) mass is 389 g/mol. The van der Waals surface area contributed by atoms with Crippen molar-refractivity contribution < 1.29 is 19.0 Å². The smallest absolute Gasteiger partial charge is 0.341 e. The van der Waals surface area contributed by atoms with Crippen molar-refractivity contribution in [2.45, 2.75) is 44.8 Å². The zero-order chi connectivity index (χ0) is 20.2. The van der Waals surface area contributed by atoms with Gasteiger partial charge in [-0.1, -0.05) is 0 Å². The first-order chi connectivity index (χ1) is 13.3. The molecule has 0 radical (unpaired) electrons. The fraction of sp³-hybridized carbons (Fsp3) is 0.500. The van der Waals surface area contributed by atoms with E-state index in [1.54, 1.807) is 10.6 Å². The molecule has 28 heavy (non-hydrogen) atoms. The normalized spacial score (nSPS) is 22.5. The Bertz CT molecular complexity index is 1000. The molecule has 1 aliphatic heterocycles. The lowest BCUT2D eigenvalue weighted by Crippen LogP contribution is -2.54. The number of piperazine rings is 1. The van der Waals surface area contributed by atoms with Gasteiger partial charge in [0.05, 0.1) is 23.7 Å². The van der Waals surface area contributed by atoms with Gasteiger partial charge in [0.25, 0.3) is 0 Å². The molecule has 2 aromatic rings. The van der Waals surface area contributed by atoms with E-state index in [-0.39, 0.29) is 34.8 Å². The maximum Gasteiger partial charge on any atom is 0.341 e. The summed E-state index contributed by atoms with van der Waals surface area (Å²) in [6, 6.07) is 2.16. The van der Waals surface area contributed by atoms with Crippen LogP contribution in [0.4, 0.5) is 10.1 Å². The number of rotatable bonds is 4. The summed E-state index contributed by atoms with van der Waals surface area (Å²) in [6.07, 6.45) is 3.18. The van der Waals surface area contributed by atoms with Crippen LogP contribution in [0.5, 0.6) is 5.75 Å². The van der Waals surface area contributed by atoms with Gasteiger partial charge in [-0.05, 0) is 32.8 Å². The van der Waals surface area contributed by atoms with Gasteiger partial charge in [-0.25, -0.2) is 9.18 Å². The number of carboxylic acid groups (broad SMARTS) is 1. The van der Waals surface area contributed by atoms with Crippen LogP contribution >= 0.6 is 0 Å². The average molecular weight is 389 g/mol. The molecule has 2 N–H and O–H groups in total. The molecule has 2 heterocycles. The Morgan fingerprint density at radius 1 is 1.29 bits per heavy atom. The molecule has 1 saturated carbocycles. The van der Waals surface area contributed by atoms with Crippen molar-refractivity contribution in [3.63, 3.8) is 0 Å². The van der Waals surface area contributed by atoms with Crippen molar-refractivity contribution >= 4 is 22.6 Å². The third-order valence-electron chi connectivity index (χ3n) is 5.47. The number of benzene rings is 1. The molecule has 1 aromatic heterocycles. The second kappa shape index (κ2) is 6.77. The molecule has 0 unspecified atom stereocenters. The molecule has 1 aromatic carbocycles. The minimum atomic E-state index is -1.32. The summed E-state index contributed by atoms with van der Waals surface area (Å²) in [7, 11) is 1.30. The van der Waals surface area contributed by atoms with Crippen molar-refractivity contribution in [3.8, 4) is 5.75 Å². The molecule has 7 nitrogen and oxygen atoms in total. The number of ether oxygens (including phenoxy) is 1. The fourth-order valence-electron chi connectivity index (χ4n) is 4.18. The highest BCUT2D eigenvalue weighted by Crippen LogP contribution is 2.41. The number of methoxy groups -OCH3 is 1. The standard InChI is InChI=1S/C20H24FN3O4/c1-10-7-23(8-11(2)22-10)15-6-14-16(19(28-3)17(15)21)18(25)13(20(26)27)9-24(14)12-4-5-12/h6,9-12,22H,4-5,7-8H2,1-3H3,(H,26,27)/t10-,11+. The van der Waals surface area contributed by atoms with Crippen LogP contribution < -0.4 is 20.4 Å². The third kappa shape index (κ3) is 3.01. The van der Waals surface area contributed by atoms with Crippen LogP contribution in [0.3, 0.4) is 0 Å². The lowest BCUT2D eigenvalue weighted by molar-refractivity contribution is 0.0695. The topological polar surface area (TPSA) is 83.8 Å². The number of carbonyl (C=O) groups is 1. The molecule has 0 spiro atoms. The van der Waals surface area contributed by atoms with E-state index in [0.29, 0.717) is 24.3 Å². The number of aromatic carboxylic acids is 1. The van der Waals surface area contributed by atoms with E-state index in [1.807, 2.05) is 18.7 Å². The van der Waals surface area contributed by atoms with Crippen molar-refractivity contribution in [1.82, 2.24) is 9.88 Å². The molecule has 2 fully saturated rings. The molecular weight excluding hydrogens is 365 g/mol. The van der Waals surface area contributed by atoms with Gasteiger partial charge in [0.1, 0.15) is 5.56 Å². The van der Waals surface area contributed by atoms with Crippen LogP contribution in [0, 0.1) is 5.82 Å². The van der Waals surface area contributed by atoms with Gasteiger partial charge in [-0.15, -0.1) is 0 Å². The van der Waals surface area contributed by atoms with Gasteiger partial charge >= 0.3 is 5.97 Å². The van der Waals surface area contributed by atoms with E-state index in [9.17, 15) is 14.7 Å². The first kappa shape index (κ1) is 18.7. The second-order valence-corrected chi connectivity index (χ2v) is 7.83. The minimum absolute atomic E-state index is 0.00761. The highest BCUT2D eigenvalue weighted by molar-refractivity contribution is 5.96. The van der Waals surface area contributed by atoms with Gasteiger partial charge < -0.3 is 24.6 Å². The zero-order valence-electron chi connectivity index (χ0n) is 16.2. The van der Waals surface area contributed by atoms with Crippen LogP contribution in [0.25, 0.3) is 10.9 Å². The van der Waals surface area contributed by atoms with Gasteiger partial charge in [-0.3, -0.25) is 4.79 Å². The van der Waals surface area contributed by atoms with Crippen LogP contribution in [-0.4, -0.2) is 47.9 Å². The van der Waals surface area contributed by atoms with E-state index in [1.165, 1.54) is 13.3 Å². The Balaban J connectivity index is 2.01. The van der Waals surface area contributed by atoms with Gasteiger partial charge in [0.15, 0.2) is 11.6 Å².